The third-order valence-electron chi connectivity index (χ3n) is 4.25. The van der Waals surface area contributed by atoms with Crippen LogP contribution in [0.2, 0.25) is 0 Å². The van der Waals surface area contributed by atoms with Crippen molar-refractivity contribution in [1.29, 1.82) is 0 Å². The average Bonchev–Trinajstić information content (AvgIpc) is 3.26. The highest BCUT2D eigenvalue weighted by molar-refractivity contribution is 5.91. The van der Waals surface area contributed by atoms with Crippen molar-refractivity contribution in [2.45, 2.75) is 25.8 Å². The van der Waals surface area contributed by atoms with Crippen LogP contribution in [0, 0.1) is 6.92 Å². The maximum absolute atomic E-state index is 12.3. The first-order chi connectivity index (χ1) is 11.7. The zero-order valence-corrected chi connectivity index (χ0v) is 13.3. The lowest BCUT2D eigenvalue weighted by Crippen LogP contribution is -2.42. The monoisotopic (exact) mass is 326 g/mol. The van der Waals surface area contributed by atoms with E-state index in [2.05, 4.69) is 20.4 Å². The van der Waals surface area contributed by atoms with Crippen molar-refractivity contribution < 1.29 is 9.21 Å². The van der Waals surface area contributed by atoms with Crippen molar-refractivity contribution in [3.8, 4) is 0 Å². The van der Waals surface area contributed by atoms with Gasteiger partial charge < -0.3 is 14.6 Å². The maximum Gasteiger partial charge on any atom is 0.289 e. The molecule has 124 valence electrons. The molecule has 8 nitrogen and oxygen atoms in total. The molecule has 0 radical (unpaired) electrons. The number of hydrogen-bond acceptors (Lipinski definition) is 6. The molecule has 8 heteroatoms. The highest BCUT2D eigenvalue weighted by Crippen LogP contribution is 2.19. The maximum atomic E-state index is 12.3. The minimum atomic E-state index is -0.0446. The van der Waals surface area contributed by atoms with Gasteiger partial charge in [0.2, 0.25) is 0 Å². The van der Waals surface area contributed by atoms with Gasteiger partial charge >= 0.3 is 0 Å². The van der Waals surface area contributed by atoms with Crippen molar-refractivity contribution in [3.05, 3.63) is 42.2 Å². The number of amides is 1. The number of hydrogen-bond donors (Lipinski definition) is 1. The molecule has 1 N–H and O–H groups in total. The lowest BCUT2D eigenvalue weighted by Gasteiger charge is -2.32. The second-order valence-corrected chi connectivity index (χ2v) is 5.94. The van der Waals surface area contributed by atoms with Crippen molar-refractivity contribution in [3.63, 3.8) is 0 Å². The number of nitrogens with one attached hydrogen (secondary N) is 1. The zero-order valence-electron chi connectivity index (χ0n) is 13.3. The smallest absolute Gasteiger partial charge is 0.289 e. The summed E-state index contributed by atoms with van der Waals surface area (Å²) in [4.78, 5) is 22.6. The number of carbonyl (C=O) groups is 1. The van der Waals surface area contributed by atoms with E-state index in [1.807, 2.05) is 17.9 Å². The van der Waals surface area contributed by atoms with Gasteiger partial charge in [0, 0.05) is 30.9 Å². The predicted molar refractivity (Wildman–Crippen MR) is 86.8 cm³/mol. The number of anilines is 1. The third-order valence-corrected chi connectivity index (χ3v) is 4.25. The van der Waals surface area contributed by atoms with E-state index in [1.165, 1.54) is 12.6 Å². The number of likely N-dealkylation sites (tertiary alicyclic amines) is 1. The van der Waals surface area contributed by atoms with Crippen LogP contribution < -0.4 is 5.32 Å². The van der Waals surface area contributed by atoms with Gasteiger partial charge in [-0.05, 0) is 31.9 Å². The van der Waals surface area contributed by atoms with Gasteiger partial charge in [-0.15, -0.1) is 0 Å². The zero-order chi connectivity index (χ0) is 16.5. The summed E-state index contributed by atoms with van der Waals surface area (Å²) in [5, 5.41) is 7.71. The van der Waals surface area contributed by atoms with Crippen LogP contribution in [0.1, 0.15) is 29.1 Å². The number of rotatable bonds is 3. The second kappa shape index (κ2) is 5.95. The Morgan fingerprint density at radius 2 is 2.21 bits per heavy atom. The number of nitrogens with zero attached hydrogens (tertiary/aromatic N) is 5. The van der Waals surface area contributed by atoms with Gasteiger partial charge in [0.1, 0.15) is 12.1 Å². The van der Waals surface area contributed by atoms with Crippen LogP contribution in [-0.2, 0) is 0 Å². The van der Waals surface area contributed by atoms with E-state index in [9.17, 15) is 4.79 Å². The van der Waals surface area contributed by atoms with Crippen molar-refractivity contribution in [2.75, 3.05) is 18.4 Å². The van der Waals surface area contributed by atoms with Crippen LogP contribution in [0.4, 0.5) is 5.82 Å². The lowest BCUT2D eigenvalue weighted by molar-refractivity contribution is 0.0686. The first kappa shape index (κ1) is 14.7. The van der Waals surface area contributed by atoms with Gasteiger partial charge in [-0.2, -0.15) is 14.6 Å². The van der Waals surface area contributed by atoms with Gasteiger partial charge in [-0.25, -0.2) is 4.98 Å². The molecule has 4 rings (SSSR count). The van der Waals surface area contributed by atoms with Crippen molar-refractivity contribution in [2.24, 2.45) is 0 Å². The van der Waals surface area contributed by atoms with Crippen LogP contribution >= 0.6 is 0 Å². The molecule has 3 aromatic rings. The molecule has 0 saturated carbocycles. The number of furan rings is 1. The van der Waals surface area contributed by atoms with Crippen molar-refractivity contribution >= 4 is 17.5 Å². The van der Waals surface area contributed by atoms with Crippen molar-refractivity contribution in [1.82, 2.24) is 24.5 Å². The van der Waals surface area contributed by atoms with Gasteiger partial charge in [0.15, 0.2) is 5.76 Å². The molecule has 1 aliphatic heterocycles. The molecule has 0 bridgehead atoms. The van der Waals surface area contributed by atoms with E-state index in [-0.39, 0.29) is 11.9 Å². The summed E-state index contributed by atoms with van der Waals surface area (Å²) in [6, 6.07) is 5.67. The van der Waals surface area contributed by atoms with Gasteiger partial charge in [-0.1, -0.05) is 0 Å². The molecular weight excluding hydrogens is 308 g/mol. The lowest BCUT2D eigenvalue weighted by atomic mass is 10.0. The fourth-order valence-corrected chi connectivity index (χ4v) is 3.03. The molecule has 1 amide bonds. The summed E-state index contributed by atoms with van der Waals surface area (Å²) in [7, 11) is 0. The van der Waals surface area contributed by atoms with Gasteiger partial charge in [0.25, 0.3) is 11.7 Å². The molecule has 4 heterocycles. The Morgan fingerprint density at radius 3 is 2.96 bits per heavy atom. The summed E-state index contributed by atoms with van der Waals surface area (Å²) in [5.74, 6) is 1.82. The van der Waals surface area contributed by atoms with Crippen LogP contribution in [0.25, 0.3) is 5.78 Å². The summed E-state index contributed by atoms with van der Waals surface area (Å²) < 4.78 is 6.89. The van der Waals surface area contributed by atoms with Crippen LogP contribution in [-0.4, -0.2) is 49.5 Å². The van der Waals surface area contributed by atoms with Crippen LogP contribution in [0.5, 0.6) is 0 Å². The quantitative estimate of drug-likeness (QED) is 0.789. The molecule has 0 atom stereocenters. The molecule has 24 heavy (non-hydrogen) atoms. The molecule has 0 aromatic carbocycles. The van der Waals surface area contributed by atoms with E-state index in [1.54, 1.807) is 16.6 Å². The SMILES string of the molecule is Cc1cc(NC2CCN(C(=O)c3ccco3)CC2)n2ncnc2n1. The summed E-state index contributed by atoms with van der Waals surface area (Å²) in [5.41, 5.74) is 0.892. The number of aryl methyl sites for hydroxylation is 1. The minimum Gasteiger partial charge on any atom is -0.459 e. The Labute approximate surface area is 138 Å². The van der Waals surface area contributed by atoms with E-state index in [0.29, 0.717) is 24.6 Å². The number of carbonyl (C=O) groups excluding carboxylic acids is 1. The van der Waals surface area contributed by atoms with Gasteiger partial charge in [-0.3, -0.25) is 4.79 Å². The summed E-state index contributed by atoms with van der Waals surface area (Å²) in [6.45, 7) is 3.33. The van der Waals surface area contributed by atoms with Crippen LogP contribution in [0.15, 0.2) is 35.2 Å². The van der Waals surface area contributed by atoms with E-state index < -0.39 is 0 Å². The number of fused-ring (bicyclic) bond motifs is 1. The first-order valence-electron chi connectivity index (χ1n) is 7.97. The predicted octanol–water partition coefficient (Wildman–Crippen LogP) is 1.74. The Morgan fingerprint density at radius 1 is 1.38 bits per heavy atom. The highest BCUT2D eigenvalue weighted by atomic mass is 16.3. The first-order valence-corrected chi connectivity index (χ1v) is 7.97. The minimum absolute atomic E-state index is 0.0446. The highest BCUT2D eigenvalue weighted by Gasteiger charge is 2.25. The molecule has 0 unspecified atom stereocenters. The number of piperidine rings is 1. The standard InChI is InChI=1S/C16H18N6O2/c1-11-9-14(22-16(19-11)17-10-18-22)20-12-4-6-21(7-5-12)15(23)13-3-2-8-24-13/h2-3,8-10,12,20H,4-7H2,1H3. The normalized spacial score (nSPS) is 15.8. The van der Waals surface area contributed by atoms with E-state index >= 15 is 0 Å². The summed E-state index contributed by atoms with van der Waals surface area (Å²) in [6.07, 6.45) is 4.75. The fourth-order valence-electron chi connectivity index (χ4n) is 3.03. The Bertz CT molecular complexity index is 849. The number of aromatic nitrogens is 4. The van der Waals surface area contributed by atoms with Gasteiger partial charge in [0.05, 0.1) is 6.26 Å². The molecule has 1 saturated heterocycles. The van der Waals surface area contributed by atoms with E-state index in [0.717, 1.165) is 24.4 Å². The largest absolute Gasteiger partial charge is 0.459 e. The molecule has 0 spiro atoms. The molecule has 0 aliphatic carbocycles. The molecule has 1 fully saturated rings. The Kier molecular flexibility index (Phi) is 3.64. The topological polar surface area (TPSA) is 88.6 Å². The molecular formula is C16H18N6O2. The molecule has 1 aliphatic rings. The molecule has 3 aromatic heterocycles. The second-order valence-electron chi connectivity index (χ2n) is 5.94. The fraction of sp³-hybridized carbons (Fsp3) is 0.375. The van der Waals surface area contributed by atoms with Crippen LogP contribution in [0.3, 0.4) is 0 Å². The van der Waals surface area contributed by atoms with E-state index in [4.69, 9.17) is 4.42 Å². The Hall–Kier alpha value is -2.90. The third kappa shape index (κ3) is 2.70. The average molecular weight is 326 g/mol. The Balaban J connectivity index is 1.43. The summed E-state index contributed by atoms with van der Waals surface area (Å²) >= 11 is 0.